The number of para-hydroxylation sites is 1. The molecule has 0 saturated heterocycles. The van der Waals surface area contributed by atoms with Crippen LogP contribution in [0.1, 0.15) is 24.7 Å². The van der Waals surface area contributed by atoms with E-state index < -0.39 is 5.97 Å². The van der Waals surface area contributed by atoms with Gasteiger partial charge in [0.05, 0.1) is 25.1 Å². The van der Waals surface area contributed by atoms with Crippen LogP contribution in [-0.2, 0) is 11.3 Å². The number of hydrogen-bond acceptors (Lipinski definition) is 6. The van der Waals surface area contributed by atoms with Gasteiger partial charge in [-0.25, -0.2) is 4.98 Å². The summed E-state index contributed by atoms with van der Waals surface area (Å²) < 4.78 is 17.7. The first kappa shape index (κ1) is 18.7. The van der Waals surface area contributed by atoms with Gasteiger partial charge >= 0.3 is 5.97 Å². The Kier molecular flexibility index (Phi) is 4.80. The smallest absolute Gasteiger partial charge is 0.308 e. The highest BCUT2D eigenvalue weighted by atomic mass is 16.6. The van der Waals surface area contributed by atoms with Gasteiger partial charge in [-0.05, 0) is 47.9 Å². The minimum Gasteiger partial charge on any atom is -0.493 e. The molecule has 0 aliphatic carbocycles. The lowest BCUT2D eigenvalue weighted by molar-refractivity contribution is -0.132. The Balaban J connectivity index is 1.83. The fraction of sp³-hybridized carbons (Fsp3) is 0.227. The maximum Gasteiger partial charge on any atom is 0.308 e. The highest BCUT2D eigenvalue weighted by Crippen LogP contribution is 2.40. The molecule has 148 valence electrons. The summed E-state index contributed by atoms with van der Waals surface area (Å²) in [6.45, 7) is 1.90. The van der Waals surface area contributed by atoms with E-state index in [-0.39, 0.29) is 11.3 Å². The summed E-state index contributed by atoms with van der Waals surface area (Å²) in [6, 6.07) is 10.9. The second-order valence-electron chi connectivity index (χ2n) is 6.68. The van der Waals surface area contributed by atoms with Gasteiger partial charge in [-0.1, -0.05) is 12.1 Å². The zero-order chi connectivity index (χ0) is 20.5. The van der Waals surface area contributed by atoms with Gasteiger partial charge in [0.2, 0.25) is 5.75 Å². The monoisotopic (exact) mass is 392 g/mol. The van der Waals surface area contributed by atoms with Crippen LogP contribution in [0.2, 0.25) is 0 Å². The van der Waals surface area contributed by atoms with E-state index in [1.54, 1.807) is 22.8 Å². The molecule has 29 heavy (non-hydrogen) atoms. The lowest BCUT2D eigenvalue weighted by Crippen LogP contribution is -2.20. The molecule has 0 amide bonds. The summed E-state index contributed by atoms with van der Waals surface area (Å²) in [5.74, 6) is 1.20. The van der Waals surface area contributed by atoms with Crippen LogP contribution in [0.4, 0.5) is 0 Å². The number of methoxy groups -OCH3 is 2. The molecule has 0 N–H and O–H groups in total. The summed E-state index contributed by atoms with van der Waals surface area (Å²) in [5, 5.41) is 0.617. The molecule has 7 nitrogen and oxygen atoms in total. The lowest BCUT2D eigenvalue weighted by Gasteiger charge is -2.13. The molecule has 0 unspecified atom stereocenters. The van der Waals surface area contributed by atoms with Crippen molar-refractivity contribution in [2.75, 3.05) is 14.2 Å². The zero-order valence-corrected chi connectivity index (χ0v) is 16.4. The topological polar surface area (TPSA) is 79.7 Å². The van der Waals surface area contributed by atoms with Crippen LogP contribution in [0.5, 0.6) is 17.2 Å². The quantitative estimate of drug-likeness (QED) is 0.501. The average Bonchev–Trinajstić information content (AvgIpc) is 3.11. The van der Waals surface area contributed by atoms with Crippen LogP contribution < -0.4 is 19.8 Å². The normalized spacial score (nSPS) is 14.1. The molecule has 0 fully saturated rings. The summed E-state index contributed by atoms with van der Waals surface area (Å²) in [4.78, 5) is 28.9. The van der Waals surface area contributed by atoms with Crippen LogP contribution in [0.3, 0.4) is 0 Å². The number of esters is 1. The van der Waals surface area contributed by atoms with Crippen LogP contribution in [0.25, 0.3) is 22.6 Å². The van der Waals surface area contributed by atoms with Gasteiger partial charge in [0.25, 0.3) is 5.56 Å². The van der Waals surface area contributed by atoms with E-state index in [2.05, 4.69) is 0 Å². The molecule has 0 saturated carbocycles. The average molecular weight is 392 g/mol. The van der Waals surface area contributed by atoms with Gasteiger partial charge in [0, 0.05) is 13.5 Å². The number of fused-ring (bicyclic) bond motifs is 2. The number of hydrogen-bond donors (Lipinski definition) is 0. The van der Waals surface area contributed by atoms with Gasteiger partial charge in [-0.15, -0.1) is 0 Å². The van der Waals surface area contributed by atoms with Crippen molar-refractivity contribution >= 4 is 28.5 Å². The van der Waals surface area contributed by atoms with Crippen LogP contribution in [0, 0.1) is 0 Å². The van der Waals surface area contributed by atoms with E-state index in [9.17, 15) is 9.59 Å². The molecular formula is C22H20N2O5. The summed E-state index contributed by atoms with van der Waals surface area (Å²) in [7, 11) is 2.99. The van der Waals surface area contributed by atoms with Crippen LogP contribution in [0.15, 0.2) is 41.2 Å². The first-order chi connectivity index (χ1) is 14.0. The van der Waals surface area contributed by atoms with Gasteiger partial charge < -0.3 is 14.2 Å². The van der Waals surface area contributed by atoms with Gasteiger partial charge in [0.15, 0.2) is 11.5 Å². The third-order valence-corrected chi connectivity index (χ3v) is 4.82. The summed E-state index contributed by atoms with van der Waals surface area (Å²) >= 11 is 0. The molecule has 0 spiro atoms. The van der Waals surface area contributed by atoms with Crippen molar-refractivity contribution in [3.63, 3.8) is 0 Å². The number of ether oxygens (including phenoxy) is 3. The van der Waals surface area contributed by atoms with Crippen molar-refractivity contribution in [3.05, 3.63) is 58.1 Å². The molecule has 1 aliphatic heterocycles. The Morgan fingerprint density at radius 3 is 2.48 bits per heavy atom. The van der Waals surface area contributed by atoms with Crippen molar-refractivity contribution in [2.45, 2.75) is 19.9 Å². The number of benzene rings is 2. The first-order valence-electron chi connectivity index (χ1n) is 9.16. The van der Waals surface area contributed by atoms with Crippen molar-refractivity contribution in [1.82, 2.24) is 9.55 Å². The number of carbonyl (C=O) groups is 1. The highest BCUT2D eigenvalue weighted by Gasteiger charge is 2.22. The number of allylic oxidation sites excluding steroid dienone is 1. The fourth-order valence-electron chi connectivity index (χ4n) is 3.53. The summed E-state index contributed by atoms with van der Waals surface area (Å²) in [6.07, 6.45) is 2.64. The Morgan fingerprint density at radius 1 is 1.14 bits per heavy atom. The van der Waals surface area contributed by atoms with Gasteiger partial charge in [-0.2, -0.15) is 0 Å². The molecule has 7 heteroatoms. The molecular weight excluding hydrogens is 372 g/mol. The lowest BCUT2D eigenvalue weighted by atomic mass is 10.1. The predicted octanol–water partition coefficient (Wildman–Crippen LogP) is 3.28. The molecule has 0 radical (unpaired) electrons. The second kappa shape index (κ2) is 7.43. The number of nitrogens with zero attached hydrogens (tertiary/aromatic N) is 2. The largest absolute Gasteiger partial charge is 0.493 e. The van der Waals surface area contributed by atoms with Crippen molar-refractivity contribution in [1.29, 1.82) is 0 Å². The van der Waals surface area contributed by atoms with E-state index in [4.69, 9.17) is 19.2 Å². The molecule has 3 aromatic rings. The number of carbonyl (C=O) groups excluding carboxylic acids is 1. The second-order valence-corrected chi connectivity index (χ2v) is 6.68. The van der Waals surface area contributed by atoms with Gasteiger partial charge in [-0.3, -0.25) is 14.2 Å². The zero-order valence-electron chi connectivity index (χ0n) is 16.4. The van der Waals surface area contributed by atoms with E-state index in [1.807, 2.05) is 24.3 Å². The Labute approximate surface area is 167 Å². The maximum atomic E-state index is 12.8. The maximum absolute atomic E-state index is 12.8. The highest BCUT2D eigenvalue weighted by molar-refractivity contribution is 5.85. The van der Waals surface area contributed by atoms with E-state index in [0.717, 1.165) is 11.1 Å². The Hall–Kier alpha value is -3.61. The van der Waals surface area contributed by atoms with Gasteiger partial charge in [0.1, 0.15) is 5.82 Å². The Morgan fingerprint density at radius 2 is 1.83 bits per heavy atom. The molecule has 2 heterocycles. The third-order valence-electron chi connectivity index (χ3n) is 4.82. The van der Waals surface area contributed by atoms with Crippen molar-refractivity contribution in [3.8, 4) is 17.2 Å². The molecule has 1 aromatic heterocycles. The molecule has 0 bridgehead atoms. The van der Waals surface area contributed by atoms with Crippen LogP contribution in [-0.4, -0.2) is 29.7 Å². The standard InChI is InChI=1S/C22H20N2O5/c1-13(25)29-20-18(27-2)11-14(12-19(20)28-3)10-15-8-9-24-21(15)23-17-7-5-4-6-16(17)22(24)26/h4-7,10-12H,8-9H2,1-3H3/b15-10+. The van der Waals surface area contributed by atoms with Crippen LogP contribution >= 0.6 is 0 Å². The summed E-state index contributed by atoms with van der Waals surface area (Å²) in [5.41, 5.74) is 2.38. The third kappa shape index (κ3) is 3.35. The minimum absolute atomic E-state index is 0.0330. The van der Waals surface area contributed by atoms with E-state index in [1.165, 1.54) is 21.1 Å². The number of aromatic nitrogens is 2. The first-order valence-corrected chi connectivity index (χ1v) is 9.16. The van der Waals surface area contributed by atoms with E-state index in [0.29, 0.717) is 41.2 Å². The molecule has 0 atom stereocenters. The molecule has 4 rings (SSSR count). The predicted molar refractivity (Wildman–Crippen MR) is 109 cm³/mol. The van der Waals surface area contributed by atoms with Crippen molar-refractivity contribution in [2.24, 2.45) is 0 Å². The van der Waals surface area contributed by atoms with E-state index >= 15 is 0 Å². The van der Waals surface area contributed by atoms with Crippen molar-refractivity contribution < 1.29 is 19.0 Å². The Bertz CT molecular complexity index is 1180. The molecule has 1 aliphatic rings. The SMILES string of the molecule is COc1cc(/C=C2\CCn3c2nc2ccccc2c3=O)cc(OC)c1OC(C)=O. The molecule has 2 aromatic carbocycles. The number of rotatable bonds is 4. The minimum atomic E-state index is -0.465. The fourth-order valence-corrected chi connectivity index (χ4v) is 3.53.